The first kappa shape index (κ1) is 22.2. The van der Waals surface area contributed by atoms with Crippen LogP contribution in [0.2, 0.25) is 0 Å². The Morgan fingerprint density at radius 1 is 1.10 bits per heavy atom. The summed E-state index contributed by atoms with van der Waals surface area (Å²) >= 11 is 0. The van der Waals surface area contributed by atoms with Crippen molar-refractivity contribution in [3.63, 3.8) is 0 Å². The maximum Gasteiger partial charge on any atom is 0.295 e. The van der Waals surface area contributed by atoms with Crippen LogP contribution < -0.4 is 0 Å². The highest BCUT2D eigenvalue weighted by Crippen LogP contribution is 2.39. The summed E-state index contributed by atoms with van der Waals surface area (Å²) in [5, 5.41) is 22.0. The second-order valence-corrected chi connectivity index (χ2v) is 7.86. The number of nitrogens with zero attached hydrogens (tertiary/aromatic N) is 3. The highest BCUT2D eigenvalue weighted by Gasteiger charge is 2.45. The number of non-ortho nitro benzene ring substituents is 1. The molecule has 0 saturated carbocycles. The number of hydrogen-bond donors (Lipinski definition) is 1. The minimum Gasteiger partial charge on any atom is -0.507 e. The Morgan fingerprint density at radius 2 is 1.71 bits per heavy atom. The number of carbonyl (C=O) groups excluding carboxylic acids is 2. The Balaban J connectivity index is 2.09. The Bertz CT molecular complexity index is 1030. The molecule has 1 N–H and O–H groups in total. The van der Waals surface area contributed by atoms with Crippen molar-refractivity contribution in [2.45, 2.75) is 19.4 Å². The van der Waals surface area contributed by atoms with Gasteiger partial charge >= 0.3 is 0 Å². The van der Waals surface area contributed by atoms with Gasteiger partial charge in [-0.05, 0) is 51.7 Å². The van der Waals surface area contributed by atoms with E-state index < -0.39 is 22.7 Å². The monoisotopic (exact) mass is 423 g/mol. The van der Waals surface area contributed by atoms with E-state index in [1.54, 1.807) is 12.1 Å². The van der Waals surface area contributed by atoms with E-state index in [0.717, 1.165) is 5.56 Å². The van der Waals surface area contributed by atoms with Crippen LogP contribution in [-0.2, 0) is 9.59 Å². The number of likely N-dealkylation sites (tertiary alicyclic amines) is 1. The molecule has 0 spiro atoms. The Morgan fingerprint density at radius 3 is 2.26 bits per heavy atom. The van der Waals surface area contributed by atoms with Gasteiger partial charge in [0.2, 0.25) is 0 Å². The molecule has 1 atom stereocenters. The van der Waals surface area contributed by atoms with Crippen molar-refractivity contribution < 1.29 is 19.6 Å². The van der Waals surface area contributed by atoms with Crippen molar-refractivity contribution in [2.24, 2.45) is 0 Å². The minimum absolute atomic E-state index is 0.00689. The first-order chi connectivity index (χ1) is 14.7. The van der Waals surface area contributed by atoms with Gasteiger partial charge in [0, 0.05) is 24.2 Å². The van der Waals surface area contributed by atoms with Crippen LogP contribution >= 0.6 is 0 Å². The van der Waals surface area contributed by atoms with Gasteiger partial charge in [-0.2, -0.15) is 0 Å². The highest BCUT2D eigenvalue weighted by atomic mass is 16.6. The fourth-order valence-electron chi connectivity index (χ4n) is 3.66. The van der Waals surface area contributed by atoms with Crippen LogP contribution in [0.15, 0.2) is 54.1 Å². The van der Waals surface area contributed by atoms with E-state index in [0.29, 0.717) is 30.6 Å². The van der Waals surface area contributed by atoms with Gasteiger partial charge in [0.15, 0.2) is 0 Å². The van der Waals surface area contributed by atoms with Gasteiger partial charge in [-0.1, -0.05) is 29.8 Å². The van der Waals surface area contributed by atoms with Crippen molar-refractivity contribution in [1.82, 2.24) is 9.80 Å². The predicted octanol–water partition coefficient (Wildman–Crippen LogP) is 3.28. The molecule has 0 aromatic heterocycles. The third kappa shape index (κ3) is 4.64. The Kier molecular flexibility index (Phi) is 6.50. The Labute approximate surface area is 180 Å². The Hall–Kier alpha value is -3.52. The summed E-state index contributed by atoms with van der Waals surface area (Å²) in [4.78, 5) is 39.7. The first-order valence-electron chi connectivity index (χ1n) is 9.95. The van der Waals surface area contributed by atoms with Gasteiger partial charge in [-0.3, -0.25) is 19.7 Å². The topological polar surface area (TPSA) is 104 Å². The number of aliphatic hydroxyl groups is 1. The molecule has 0 aliphatic carbocycles. The van der Waals surface area contributed by atoms with Crippen LogP contribution in [0.25, 0.3) is 5.76 Å². The van der Waals surface area contributed by atoms with Crippen LogP contribution in [-0.4, -0.2) is 58.7 Å². The molecule has 8 nitrogen and oxygen atoms in total. The maximum absolute atomic E-state index is 12.9. The smallest absolute Gasteiger partial charge is 0.295 e. The standard InChI is InChI=1S/C23H25N3O5/c1-15-5-7-17(8-6-15)21(27)19-20(16-9-11-18(12-10-16)26(30)31)25(23(29)22(19)28)14-4-13-24(2)3/h5-12,20,27H,4,13-14H2,1-3H3/b21-19+/t20-/m1/s1. The van der Waals surface area contributed by atoms with Crippen molar-refractivity contribution in [3.05, 3.63) is 80.9 Å². The summed E-state index contributed by atoms with van der Waals surface area (Å²) in [6.07, 6.45) is 0.633. The number of nitro groups is 1. The summed E-state index contributed by atoms with van der Waals surface area (Å²) in [5.41, 5.74) is 1.86. The molecule has 2 aromatic rings. The molecule has 1 aliphatic heterocycles. The maximum atomic E-state index is 12.9. The van der Waals surface area contributed by atoms with Gasteiger partial charge in [-0.25, -0.2) is 0 Å². The number of hydrogen-bond acceptors (Lipinski definition) is 6. The van der Waals surface area contributed by atoms with Crippen molar-refractivity contribution in [2.75, 3.05) is 27.2 Å². The van der Waals surface area contributed by atoms with Crippen molar-refractivity contribution in [3.8, 4) is 0 Å². The minimum atomic E-state index is -0.815. The molecule has 1 heterocycles. The van der Waals surface area contributed by atoms with Crippen molar-refractivity contribution in [1.29, 1.82) is 0 Å². The van der Waals surface area contributed by atoms with Gasteiger partial charge < -0.3 is 14.9 Å². The number of aliphatic hydroxyl groups excluding tert-OH is 1. The molecule has 31 heavy (non-hydrogen) atoms. The van der Waals surface area contributed by atoms with E-state index in [1.807, 2.05) is 38.1 Å². The first-order valence-corrected chi connectivity index (χ1v) is 9.95. The molecule has 8 heteroatoms. The van der Waals surface area contributed by atoms with Crippen LogP contribution in [0.5, 0.6) is 0 Å². The average Bonchev–Trinajstić information content (AvgIpc) is 2.98. The van der Waals surface area contributed by atoms with E-state index in [2.05, 4.69) is 0 Å². The normalized spacial score (nSPS) is 18.1. The fourth-order valence-corrected chi connectivity index (χ4v) is 3.66. The van der Waals surface area contributed by atoms with E-state index in [-0.39, 0.29) is 17.0 Å². The summed E-state index contributed by atoms with van der Waals surface area (Å²) in [6, 6.07) is 11.9. The predicted molar refractivity (Wildman–Crippen MR) is 116 cm³/mol. The third-order valence-electron chi connectivity index (χ3n) is 5.29. The molecular formula is C23H25N3O5. The number of Topliss-reactive ketones (excluding diaryl/α,β-unsaturated/α-hetero) is 1. The largest absolute Gasteiger partial charge is 0.507 e. The zero-order valence-corrected chi connectivity index (χ0v) is 17.7. The quantitative estimate of drug-likeness (QED) is 0.241. The molecule has 2 aromatic carbocycles. The molecule has 0 radical (unpaired) electrons. The summed E-state index contributed by atoms with van der Waals surface area (Å²) in [5.74, 6) is -1.70. The molecule has 162 valence electrons. The fraction of sp³-hybridized carbons (Fsp3) is 0.304. The summed E-state index contributed by atoms with van der Waals surface area (Å²) in [7, 11) is 3.83. The molecular weight excluding hydrogens is 398 g/mol. The van der Waals surface area contributed by atoms with Gasteiger partial charge in [0.05, 0.1) is 16.5 Å². The van der Waals surface area contributed by atoms with Gasteiger partial charge in [0.25, 0.3) is 17.4 Å². The lowest BCUT2D eigenvalue weighted by atomic mass is 9.95. The lowest BCUT2D eigenvalue weighted by Gasteiger charge is -2.26. The lowest BCUT2D eigenvalue weighted by Crippen LogP contribution is -2.32. The number of aryl methyl sites for hydroxylation is 1. The zero-order valence-electron chi connectivity index (χ0n) is 17.7. The highest BCUT2D eigenvalue weighted by molar-refractivity contribution is 6.46. The SMILES string of the molecule is Cc1ccc(/C(O)=C2\C(=O)C(=O)N(CCCN(C)C)[C@@H]2c2ccc([N+](=O)[O-])cc2)cc1. The molecule has 1 amide bonds. The number of benzene rings is 2. The summed E-state index contributed by atoms with van der Waals surface area (Å²) < 4.78 is 0. The summed E-state index contributed by atoms with van der Waals surface area (Å²) in [6.45, 7) is 2.94. The third-order valence-corrected chi connectivity index (χ3v) is 5.29. The number of amides is 1. The average molecular weight is 423 g/mol. The van der Waals surface area contributed by atoms with Gasteiger partial charge in [-0.15, -0.1) is 0 Å². The lowest BCUT2D eigenvalue weighted by molar-refractivity contribution is -0.384. The molecule has 3 rings (SSSR count). The number of carbonyl (C=O) groups is 2. The van der Waals surface area contributed by atoms with Crippen molar-refractivity contribution >= 4 is 23.1 Å². The van der Waals surface area contributed by atoms with E-state index in [1.165, 1.54) is 29.2 Å². The molecule has 1 aliphatic rings. The van der Waals surface area contributed by atoms with Gasteiger partial charge in [0.1, 0.15) is 5.76 Å². The molecule has 1 saturated heterocycles. The second-order valence-electron chi connectivity index (χ2n) is 7.86. The van der Waals surface area contributed by atoms with E-state index in [9.17, 15) is 24.8 Å². The molecule has 0 unspecified atom stereocenters. The molecule has 1 fully saturated rings. The van der Waals surface area contributed by atoms with E-state index in [4.69, 9.17) is 0 Å². The van der Waals surface area contributed by atoms with Crippen LogP contribution in [0.3, 0.4) is 0 Å². The second kappa shape index (κ2) is 9.09. The van der Waals surface area contributed by atoms with Crippen LogP contribution in [0.1, 0.15) is 29.2 Å². The van der Waals surface area contributed by atoms with Crippen LogP contribution in [0, 0.1) is 17.0 Å². The van der Waals surface area contributed by atoms with Crippen LogP contribution in [0.4, 0.5) is 5.69 Å². The zero-order chi connectivity index (χ0) is 22.7. The van der Waals surface area contributed by atoms with E-state index >= 15 is 0 Å². The molecule has 0 bridgehead atoms. The number of ketones is 1. The number of nitro benzene ring substituents is 1. The number of rotatable bonds is 7.